The van der Waals surface area contributed by atoms with Gasteiger partial charge in [0, 0.05) is 10.6 Å². The maximum absolute atomic E-state index is 13.7. The molecule has 0 amide bonds. The van der Waals surface area contributed by atoms with Crippen molar-refractivity contribution in [3.05, 3.63) is 69.0 Å². The van der Waals surface area contributed by atoms with E-state index in [0.717, 1.165) is 5.56 Å². The Labute approximate surface area is 114 Å². The Morgan fingerprint density at radius 1 is 1.06 bits per heavy atom. The summed E-state index contributed by atoms with van der Waals surface area (Å²) in [5.74, 6) is -1.03. The molecule has 0 fully saturated rings. The second-order valence-electron chi connectivity index (χ2n) is 3.94. The van der Waals surface area contributed by atoms with Gasteiger partial charge in [0.25, 0.3) is 0 Å². The minimum Gasteiger partial charge on any atom is -0.288 e. The lowest BCUT2D eigenvalue weighted by atomic mass is 10.0. The van der Waals surface area contributed by atoms with Gasteiger partial charge < -0.3 is 0 Å². The van der Waals surface area contributed by atoms with Crippen molar-refractivity contribution in [2.75, 3.05) is 0 Å². The molecule has 0 bridgehead atoms. The van der Waals surface area contributed by atoms with Gasteiger partial charge in [-0.1, -0.05) is 29.3 Å². The molecule has 0 radical (unpaired) electrons. The van der Waals surface area contributed by atoms with Gasteiger partial charge in [-0.25, -0.2) is 4.39 Å². The molecule has 0 heterocycles. The van der Waals surface area contributed by atoms with Crippen molar-refractivity contribution in [3.8, 4) is 0 Å². The van der Waals surface area contributed by atoms with Crippen LogP contribution >= 0.6 is 23.2 Å². The van der Waals surface area contributed by atoms with E-state index in [1.807, 2.05) is 0 Å². The molecule has 2 rings (SSSR count). The van der Waals surface area contributed by atoms with E-state index < -0.39 is 11.6 Å². The lowest BCUT2D eigenvalue weighted by Gasteiger charge is -2.06. The Hall–Kier alpha value is -1.38. The summed E-state index contributed by atoms with van der Waals surface area (Å²) in [4.78, 5) is 12.2. The molecule has 0 aliphatic rings. The van der Waals surface area contributed by atoms with Gasteiger partial charge in [-0.2, -0.15) is 0 Å². The maximum atomic E-state index is 13.7. The van der Waals surface area contributed by atoms with E-state index in [1.165, 1.54) is 24.3 Å². The van der Waals surface area contributed by atoms with E-state index in [2.05, 4.69) is 0 Å². The standard InChI is InChI=1S/C14H9Cl2FO/c1-8-2-4-10(13(17)6-8)14(18)11-7-9(15)3-5-12(11)16/h2-7H,1H3. The summed E-state index contributed by atoms with van der Waals surface area (Å²) in [7, 11) is 0. The maximum Gasteiger partial charge on any atom is 0.197 e. The van der Waals surface area contributed by atoms with Crippen LogP contribution in [0.15, 0.2) is 36.4 Å². The fourth-order valence-corrected chi connectivity index (χ4v) is 2.00. The normalized spacial score (nSPS) is 10.4. The molecule has 0 aliphatic heterocycles. The fraction of sp³-hybridized carbons (Fsp3) is 0.0714. The summed E-state index contributed by atoms with van der Waals surface area (Å²) >= 11 is 11.7. The Kier molecular flexibility index (Phi) is 3.69. The predicted octanol–water partition coefficient (Wildman–Crippen LogP) is 4.67. The van der Waals surface area contributed by atoms with Crippen LogP contribution in [0.2, 0.25) is 10.0 Å². The predicted molar refractivity (Wildman–Crippen MR) is 71.0 cm³/mol. The Morgan fingerprint density at radius 3 is 2.44 bits per heavy atom. The number of carbonyl (C=O) groups is 1. The lowest BCUT2D eigenvalue weighted by molar-refractivity contribution is 0.103. The molecule has 0 aliphatic carbocycles. The van der Waals surface area contributed by atoms with Crippen LogP contribution < -0.4 is 0 Å². The molecule has 0 atom stereocenters. The number of aryl methyl sites for hydroxylation is 1. The molecule has 0 saturated carbocycles. The summed E-state index contributed by atoms with van der Waals surface area (Å²) in [5, 5.41) is 0.639. The average molecular weight is 283 g/mol. The van der Waals surface area contributed by atoms with E-state index in [0.29, 0.717) is 5.02 Å². The van der Waals surface area contributed by atoms with E-state index >= 15 is 0 Å². The van der Waals surface area contributed by atoms with Crippen LogP contribution in [0.5, 0.6) is 0 Å². The topological polar surface area (TPSA) is 17.1 Å². The molecule has 2 aromatic rings. The molecule has 0 saturated heterocycles. The summed E-state index contributed by atoms with van der Waals surface area (Å²) in [6.07, 6.45) is 0. The molecule has 4 heteroatoms. The third kappa shape index (κ3) is 2.55. The number of hydrogen-bond acceptors (Lipinski definition) is 1. The largest absolute Gasteiger partial charge is 0.288 e. The van der Waals surface area contributed by atoms with Crippen LogP contribution in [0.4, 0.5) is 4.39 Å². The minimum absolute atomic E-state index is 0.00948. The highest BCUT2D eigenvalue weighted by molar-refractivity contribution is 6.36. The van der Waals surface area contributed by atoms with Crippen molar-refractivity contribution < 1.29 is 9.18 Å². The SMILES string of the molecule is Cc1ccc(C(=O)c2cc(Cl)ccc2Cl)c(F)c1. The summed E-state index contributed by atoms with van der Waals surface area (Å²) in [6.45, 7) is 1.75. The van der Waals surface area contributed by atoms with Gasteiger partial charge in [-0.05, 0) is 42.8 Å². The van der Waals surface area contributed by atoms with Crippen molar-refractivity contribution in [1.82, 2.24) is 0 Å². The molecule has 0 spiro atoms. The molecule has 18 heavy (non-hydrogen) atoms. The third-order valence-corrected chi connectivity index (χ3v) is 3.11. The fourth-order valence-electron chi connectivity index (χ4n) is 1.62. The van der Waals surface area contributed by atoms with Crippen LogP contribution in [-0.4, -0.2) is 5.78 Å². The summed E-state index contributed by atoms with van der Waals surface area (Å²) in [5.41, 5.74) is 0.943. The number of halogens is 3. The first-order chi connectivity index (χ1) is 8.49. The molecular formula is C14H9Cl2FO. The van der Waals surface area contributed by atoms with E-state index in [1.54, 1.807) is 19.1 Å². The van der Waals surface area contributed by atoms with Crippen LogP contribution in [0.25, 0.3) is 0 Å². The van der Waals surface area contributed by atoms with Crippen molar-refractivity contribution >= 4 is 29.0 Å². The molecule has 1 nitrogen and oxygen atoms in total. The number of carbonyl (C=O) groups excluding carboxylic acids is 1. The molecule has 0 N–H and O–H groups in total. The van der Waals surface area contributed by atoms with Crippen LogP contribution in [-0.2, 0) is 0 Å². The van der Waals surface area contributed by atoms with Gasteiger partial charge in [0.05, 0.1) is 10.6 Å². The molecule has 92 valence electrons. The smallest absolute Gasteiger partial charge is 0.197 e. The Bertz CT molecular complexity index is 623. The number of benzene rings is 2. The van der Waals surface area contributed by atoms with Crippen LogP contribution in [0.1, 0.15) is 21.5 Å². The number of rotatable bonds is 2. The minimum atomic E-state index is -0.559. The second-order valence-corrected chi connectivity index (χ2v) is 4.78. The van der Waals surface area contributed by atoms with Gasteiger partial charge in [-0.15, -0.1) is 0 Å². The second kappa shape index (κ2) is 5.09. The molecular weight excluding hydrogens is 274 g/mol. The third-order valence-electron chi connectivity index (χ3n) is 2.54. The first-order valence-electron chi connectivity index (χ1n) is 5.25. The van der Waals surface area contributed by atoms with Gasteiger partial charge in [0.2, 0.25) is 0 Å². The van der Waals surface area contributed by atoms with Crippen molar-refractivity contribution in [3.63, 3.8) is 0 Å². The number of ketones is 1. The Morgan fingerprint density at radius 2 is 1.78 bits per heavy atom. The zero-order valence-electron chi connectivity index (χ0n) is 9.51. The first kappa shape index (κ1) is 13.1. The first-order valence-corrected chi connectivity index (χ1v) is 6.00. The average Bonchev–Trinajstić information content (AvgIpc) is 2.31. The monoisotopic (exact) mass is 282 g/mol. The zero-order chi connectivity index (χ0) is 13.3. The highest BCUT2D eigenvalue weighted by Gasteiger charge is 2.17. The van der Waals surface area contributed by atoms with Crippen LogP contribution in [0, 0.1) is 12.7 Å². The van der Waals surface area contributed by atoms with Crippen molar-refractivity contribution in [1.29, 1.82) is 0 Å². The molecule has 2 aromatic carbocycles. The number of hydrogen-bond donors (Lipinski definition) is 0. The van der Waals surface area contributed by atoms with Gasteiger partial charge >= 0.3 is 0 Å². The highest BCUT2D eigenvalue weighted by Crippen LogP contribution is 2.24. The zero-order valence-corrected chi connectivity index (χ0v) is 11.0. The summed E-state index contributed by atoms with van der Waals surface area (Å²) < 4.78 is 13.7. The lowest BCUT2D eigenvalue weighted by Crippen LogP contribution is -2.05. The van der Waals surface area contributed by atoms with Gasteiger partial charge in [0.1, 0.15) is 5.82 Å². The van der Waals surface area contributed by atoms with E-state index in [9.17, 15) is 9.18 Å². The molecule has 0 unspecified atom stereocenters. The quantitative estimate of drug-likeness (QED) is 0.732. The van der Waals surface area contributed by atoms with E-state index in [-0.39, 0.29) is 16.1 Å². The Balaban J connectivity index is 2.51. The summed E-state index contributed by atoms with van der Waals surface area (Å²) in [6, 6.07) is 8.96. The van der Waals surface area contributed by atoms with Crippen LogP contribution in [0.3, 0.4) is 0 Å². The highest BCUT2D eigenvalue weighted by atomic mass is 35.5. The molecule has 0 aromatic heterocycles. The van der Waals surface area contributed by atoms with E-state index in [4.69, 9.17) is 23.2 Å². The van der Waals surface area contributed by atoms with Crippen molar-refractivity contribution in [2.45, 2.75) is 6.92 Å². The van der Waals surface area contributed by atoms with Gasteiger partial charge in [0.15, 0.2) is 5.78 Å². The van der Waals surface area contributed by atoms with Gasteiger partial charge in [-0.3, -0.25) is 4.79 Å². The van der Waals surface area contributed by atoms with Crippen molar-refractivity contribution in [2.24, 2.45) is 0 Å².